The fraction of sp³-hybridized carbons (Fsp3) is 0.364. The molecule has 1 fully saturated rings. The molecule has 0 aromatic heterocycles. The van der Waals surface area contributed by atoms with Crippen molar-refractivity contribution in [2.75, 3.05) is 14.1 Å². The molecule has 7 nitrogen and oxygen atoms in total. The first-order valence-electron chi connectivity index (χ1n) is 9.84. The van der Waals surface area contributed by atoms with Gasteiger partial charge in [-0.1, -0.05) is 37.3 Å². The summed E-state index contributed by atoms with van der Waals surface area (Å²) >= 11 is 0. The van der Waals surface area contributed by atoms with E-state index >= 15 is 0 Å². The lowest BCUT2D eigenvalue weighted by molar-refractivity contribution is -0.385. The fourth-order valence-corrected chi connectivity index (χ4v) is 4.22. The minimum absolute atomic E-state index is 0.289. The molecule has 0 aliphatic carbocycles. The largest absolute Gasteiger partial charge is 0.331 e. The molecule has 0 bridgehead atoms. The molecule has 3 rings (SSSR count). The molecule has 31 heavy (non-hydrogen) atoms. The summed E-state index contributed by atoms with van der Waals surface area (Å²) in [5.74, 6) is -3.48. The van der Waals surface area contributed by atoms with Crippen molar-refractivity contribution in [1.82, 2.24) is 9.80 Å². The Bertz CT molecular complexity index is 1030. The van der Waals surface area contributed by atoms with E-state index in [1.165, 1.54) is 23.9 Å². The van der Waals surface area contributed by atoms with Gasteiger partial charge in [-0.2, -0.15) is 0 Å². The van der Waals surface area contributed by atoms with E-state index in [1.54, 1.807) is 6.92 Å². The number of hydrogen-bond donors (Lipinski definition) is 0. The van der Waals surface area contributed by atoms with Crippen molar-refractivity contribution in [2.45, 2.75) is 37.8 Å². The fourth-order valence-electron chi connectivity index (χ4n) is 4.22. The second kappa shape index (κ2) is 8.41. The van der Waals surface area contributed by atoms with Crippen LogP contribution in [-0.4, -0.2) is 52.2 Å². The Labute approximate surface area is 178 Å². The minimum atomic E-state index is -1.39. The molecule has 0 saturated carbocycles. The lowest BCUT2D eigenvalue weighted by Gasteiger charge is -2.50. The third-order valence-corrected chi connectivity index (χ3v) is 6.13. The minimum Gasteiger partial charge on any atom is -0.331 e. The number of rotatable bonds is 6. The summed E-state index contributed by atoms with van der Waals surface area (Å²) in [7, 11) is 2.92. The van der Waals surface area contributed by atoms with Gasteiger partial charge in [0.05, 0.1) is 10.5 Å². The van der Waals surface area contributed by atoms with Gasteiger partial charge in [0.15, 0.2) is 11.6 Å². The smallest absolute Gasteiger partial charge is 0.275 e. The Morgan fingerprint density at radius 3 is 2.32 bits per heavy atom. The molecular formula is C22H23F2N3O4. The zero-order chi connectivity index (χ0) is 22.9. The Kier molecular flexibility index (Phi) is 6.06. The van der Waals surface area contributed by atoms with Crippen molar-refractivity contribution < 1.29 is 23.3 Å². The molecule has 0 N–H and O–H groups in total. The molecule has 2 amide bonds. The average Bonchev–Trinajstić information content (AvgIpc) is 2.76. The predicted octanol–water partition coefficient (Wildman–Crippen LogP) is 3.11. The molecule has 1 heterocycles. The van der Waals surface area contributed by atoms with Crippen molar-refractivity contribution in [3.05, 3.63) is 75.3 Å². The first kappa shape index (κ1) is 22.3. The van der Waals surface area contributed by atoms with E-state index in [-0.39, 0.29) is 12.3 Å². The number of amides is 2. The maximum absolute atomic E-state index is 14.4. The van der Waals surface area contributed by atoms with Crippen LogP contribution in [0.25, 0.3) is 0 Å². The molecule has 1 saturated heterocycles. The summed E-state index contributed by atoms with van der Waals surface area (Å²) in [5.41, 5.74) is -1.44. The normalized spacial score (nSPS) is 21.5. The Hall–Kier alpha value is -3.36. The van der Waals surface area contributed by atoms with Gasteiger partial charge in [-0.05, 0) is 18.1 Å². The van der Waals surface area contributed by atoms with Crippen LogP contribution in [0, 0.1) is 21.7 Å². The van der Waals surface area contributed by atoms with E-state index in [9.17, 15) is 28.5 Å². The van der Waals surface area contributed by atoms with Crippen LogP contribution >= 0.6 is 0 Å². The summed E-state index contributed by atoms with van der Waals surface area (Å²) in [5, 5.41) is 11.3. The van der Waals surface area contributed by atoms with Crippen LogP contribution < -0.4 is 0 Å². The number of benzene rings is 2. The molecule has 2 aromatic rings. The highest BCUT2D eigenvalue weighted by atomic mass is 19.2. The number of nitro groups is 1. The summed E-state index contributed by atoms with van der Waals surface area (Å²) < 4.78 is 28.2. The number of halogens is 2. The summed E-state index contributed by atoms with van der Waals surface area (Å²) in [4.78, 5) is 39.7. The predicted molar refractivity (Wildman–Crippen MR) is 109 cm³/mol. The zero-order valence-corrected chi connectivity index (χ0v) is 17.5. The molecule has 2 unspecified atom stereocenters. The van der Waals surface area contributed by atoms with Gasteiger partial charge in [-0.15, -0.1) is 0 Å². The van der Waals surface area contributed by atoms with Crippen molar-refractivity contribution in [1.29, 1.82) is 0 Å². The molecule has 0 radical (unpaired) electrons. The van der Waals surface area contributed by atoms with Gasteiger partial charge >= 0.3 is 0 Å². The molecule has 2 aromatic carbocycles. The van der Waals surface area contributed by atoms with Gasteiger partial charge in [0.1, 0.15) is 11.6 Å². The number of piperazine rings is 1. The zero-order valence-electron chi connectivity index (χ0n) is 17.5. The number of likely N-dealkylation sites (N-methyl/N-ethyl adjacent to an activating group) is 2. The van der Waals surface area contributed by atoms with E-state index in [0.717, 1.165) is 11.6 Å². The van der Waals surface area contributed by atoms with Gasteiger partial charge in [-0.3, -0.25) is 19.7 Å². The van der Waals surface area contributed by atoms with Crippen molar-refractivity contribution in [3.63, 3.8) is 0 Å². The monoisotopic (exact) mass is 431 g/mol. The van der Waals surface area contributed by atoms with Crippen molar-refractivity contribution in [2.24, 2.45) is 0 Å². The SMILES string of the molecule is CCC1(Cc2ccccc2)C(=O)N(C)C(Cc2c([N+](=O)[O-])ccc(F)c2F)C(=O)N1C. The molecule has 164 valence electrons. The van der Waals surface area contributed by atoms with Crippen LogP contribution in [0.3, 0.4) is 0 Å². The van der Waals surface area contributed by atoms with E-state index in [4.69, 9.17) is 0 Å². The van der Waals surface area contributed by atoms with Crippen LogP contribution in [0.15, 0.2) is 42.5 Å². The number of hydrogen-bond acceptors (Lipinski definition) is 4. The number of nitrogens with zero attached hydrogens (tertiary/aromatic N) is 3. The Morgan fingerprint density at radius 1 is 1.10 bits per heavy atom. The highest BCUT2D eigenvalue weighted by Crippen LogP contribution is 2.34. The van der Waals surface area contributed by atoms with E-state index in [1.807, 2.05) is 30.3 Å². The number of carbonyl (C=O) groups is 2. The maximum atomic E-state index is 14.4. The Balaban J connectivity index is 1.99. The average molecular weight is 431 g/mol. The van der Waals surface area contributed by atoms with Crippen molar-refractivity contribution in [3.8, 4) is 0 Å². The lowest BCUT2D eigenvalue weighted by atomic mass is 9.81. The van der Waals surface area contributed by atoms with Crippen LogP contribution in [0.2, 0.25) is 0 Å². The third kappa shape index (κ3) is 3.75. The molecule has 2 atom stereocenters. The third-order valence-electron chi connectivity index (χ3n) is 6.13. The first-order valence-corrected chi connectivity index (χ1v) is 9.84. The molecule has 1 aliphatic rings. The van der Waals surface area contributed by atoms with E-state index in [2.05, 4.69) is 0 Å². The van der Waals surface area contributed by atoms with Gasteiger partial charge < -0.3 is 9.80 Å². The topological polar surface area (TPSA) is 83.8 Å². The van der Waals surface area contributed by atoms with Crippen molar-refractivity contribution >= 4 is 17.5 Å². The lowest BCUT2D eigenvalue weighted by Crippen LogP contribution is -2.70. The second-order valence-corrected chi connectivity index (χ2v) is 7.70. The summed E-state index contributed by atoms with van der Waals surface area (Å²) in [6.45, 7) is 1.80. The second-order valence-electron chi connectivity index (χ2n) is 7.70. The highest BCUT2D eigenvalue weighted by Gasteiger charge is 2.53. The molecule has 0 spiro atoms. The van der Waals surface area contributed by atoms with Crippen LogP contribution in [0.4, 0.5) is 14.5 Å². The van der Waals surface area contributed by atoms with Crippen LogP contribution in [-0.2, 0) is 22.4 Å². The standard InChI is InChI=1S/C22H23F2N3O4/c1-4-22(13-14-8-6-5-7-9-14)21(29)25(2)18(20(28)26(22)3)12-15-17(27(30)31)11-10-16(23)19(15)24/h5-11,18H,4,12-13H2,1-3H3. The maximum Gasteiger partial charge on any atom is 0.275 e. The summed E-state index contributed by atoms with van der Waals surface area (Å²) in [6, 6.07) is 9.59. The van der Waals surface area contributed by atoms with Gasteiger partial charge in [0.2, 0.25) is 11.8 Å². The van der Waals surface area contributed by atoms with Crippen LogP contribution in [0.5, 0.6) is 0 Å². The molecule has 9 heteroatoms. The summed E-state index contributed by atoms with van der Waals surface area (Å²) in [6.07, 6.45) is 0.127. The molecular weight excluding hydrogens is 408 g/mol. The Morgan fingerprint density at radius 2 is 1.74 bits per heavy atom. The first-order chi connectivity index (χ1) is 14.6. The van der Waals surface area contributed by atoms with E-state index in [0.29, 0.717) is 12.5 Å². The number of carbonyl (C=O) groups excluding carboxylic acids is 2. The number of nitro benzene ring substituents is 1. The highest BCUT2D eigenvalue weighted by molar-refractivity contribution is 6.00. The van der Waals surface area contributed by atoms with Gasteiger partial charge in [-0.25, -0.2) is 8.78 Å². The van der Waals surface area contributed by atoms with Gasteiger partial charge in [0.25, 0.3) is 5.69 Å². The quantitative estimate of drug-likeness (QED) is 0.520. The van der Waals surface area contributed by atoms with Gasteiger partial charge in [0, 0.05) is 33.0 Å². The molecule has 1 aliphatic heterocycles. The van der Waals surface area contributed by atoms with Crippen LogP contribution in [0.1, 0.15) is 24.5 Å². The van der Waals surface area contributed by atoms with E-state index < -0.39 is 51.7 Å².